The van der Waals surface area contributed by atoms with Crippen molar-refractivity contribution >= 4 is 16.9 Å². The predicted molar refractivity (Wildman–Crippen MR) is 116 cm³/mol. The fraction of sp³-hybridized carbons (Fsp3) is 0.120. The summed E-state index contributed by atoms with van der Waals surface area (Å²) >= 11 is 0. The lowest BCUT2D eigenvalue weighted by Gasteiger charge is -2.09. The molecule has 0 spiro atoms. The first-order valence-corrected chi connectivity index (χ1v) is 9.91. The molecule has 1 heterocycles. The minimum absolute atomic E-state index is 0.00909. The first kappa shape index (κ1) is 21.1. The van der Waals surface area contributed by atoms with E-state index in [2.05, 4.69) is 0 Å². The van der Waals surface area contributed by atoms with E-state index in [1.807, 2.05) is 0 Å². The minimum atomic E-state index is -0.431. The molecule has 3 aromatic carbocycles. The molecule has 7 heteroatoms. The second-order valence-corrected chi connectivity index (χ2v) is 6.85. The third-order valence-corrected chi connectivity index (χ3v) is 4.60. The first-order valence-electron chi connectivity index (χ1n) is 9.91. The number of halogens is 1. The molecule has 0 fully saturated rings. The number of ether oxygens (including phenoxy) is 3. The van der Waals surface area contributed by atoms with Crippen LogP contribution in [0, 0.1) is 5.82 Å². The van der Waals surface area contributed by atoms with Crippen LogP contribution in [-0.2, 0) is 11.3 Å². The van der Waals surface area contributed by atoms with Gasteiger partial charge in [0.1, 0.15) is 35.8 Å². The maximum atomic E-state index is 13.3. The Labute approximate surface area is 182 Å². The molecule has 0 atom stereocenters. The third kappa shape index (κ3) is 4.78. The smallest absolute Gasteiger partial charge is 0.338 e. The molecule has 0 aliphatic heterocycles. The van der Waals surface area contributed by atoms with Gasteiger partial charge in [0.05, 0.1) is 17.6 Å². The lowest BCUT2D eigenvalue weighted by Crippen LogP contribution is -2.06. The van der Waals surface area contributed by atoms with Crippen LogP contribution in [0.1, 0.15) is 22.8 Å². The lowest BCUT2D eigenvalue weighted by atomic mass is 10.2. The Kier molecular flexibility index (Phi) is 6.17. The van der Waals surface area contributed by atoms with Gasteiger partial charge in [0.25, 0.3) is 0 Å². The van der Waals surface area contributed by atoms with Gasteiger partial charge in [-0.15, -0.1) is 0 Å². The van der Waals surface area contributed by atoms with Crippen molar-refractivity contribution in [2.75, 3.05) is 6.61 Å². The number of esters is 1. The Morgan fingerprint density at radius 3 is 2.53 bits per heavy atom. The summed E-state index contributed by atoms with van der Waals surface area (Å²) in [5, 5.41) is 0.323. The molecule has 1 aromatic heterocycles. The largest absolute Gasteiger partial charge is 0.489 e. The topological polar surface area (TPSA) is 75.0 Å². The van der Waals surface area contributed by atoms with Crippen molar-refractivity contribution in [3.8, 4) is 17.2 Å². The van der Waals surface area contributed by atoms with Crippen molar-refractivity contribution in [3.63, 3.8) is 0 Å². The lowest BCUT2D eigenvalue weighted by molar-refractivity contribution is 0.0526. The molecule has 0 aliphatic carbocycles. The molecular formula is C25H19FO6. The van der Waals surface area contributed by atoms with Crippen LogP contribution in [-0.4, -0.2) is 12.6 Å². The Bertz CT molecular complexity index is 1310. The van der Waals surface area contributed by atoms with E-state index >= 15 is 0 Å². The van der Waals surface area contributed by atoms with Crippen LogP contribution in [0.4, 0.5) is 4.39 Å². The second-order valence-electron chi connectivity index (χ2n) is 6.85. The van der Waals surface area contributed by atoms with Gasteiger partial charge in [-0.25, -0.2) is 9.18 Å². The molecule has 0 bridgehead atoms. The van der Waals surface area contributed by atoms with Crippen LogP contribution in [0.25, 0.3) is 11.0 Å². The Morgan fingerprint density at radius 1 is 1.00 bits per heavy atom. The van der Waals surface area contributed by atoms with Gasteiger partial charge in [-0.3, -0.25) is 4.79 Å². The third-order valence-electron chi connectivity index (χ3n) is 4.60. The van der Waals surface area contributed by atoms with Crippen LogP contribution < -0.4 is 14.9 Å². The highest BCUT2D eigenvalue weighted by Crippen LogP contribution is 2.25. The molecule has 0 amide bonds. The van der Waals surface area contributed by atoms with Crippen molar-refractivity contribution in [1.29, 1.82) is 0 Å². The highest BCUT2D eigenvalue weighted by atomic mass is 19.1. The highest BCUT2D eigenvalue weighted by molar-refractivity contribution is 5.89. The number of benzene rings is 3. The van der Waals surface area contributed by atoms with Crippen molar-refractivity contribution in [2.45, 2.75) is 13.5 Å². The second kappa shape index (κ2) is 9.34. The van der Waals surface area contributed by atoms with E-state index in [1.54, 1.807) is 61.5 Å². The van der Waals surface area contributed by atoms with Crippen LogP contribution in [0.2, 0.25) is 0 Å². The van der Waals surface area contributed by atoms with Gasteiger partial charge in [-0.1, -0.05) is 12.1 Å². The highest BCUT2D eigenvalue weighted by Gasteiger charge is 2.12. The van der Waals surface area contributed by atoms with Crippen molar-refractivity contribution in [1.82, 2.24) is 0 Å². The molecule has 0 radical (unpaired) electrons. The maximum Gasteiger partial charge on any atom is 0.338 e. The summed E-state index contributed by atoms with van der Waals surface area (Å²) in [7, 11) is 0. The van der Waals surface area contributed by atoms with Gasteiger partial charge in [0, 0.05) is 6.07 Å². The van der Waals surface area contributed by atoms with Crippen molar-refractivity contribution in [2.24, 2.45) is 0 Å². The van der Waals surface area contributed by atoms with E-state index < -0.39 is 5.97 Å². The normalized spacial score (nSPS) is 10.7. The van der Waals surface area contributed by atoms with Crippen LogP contribution in [0.5, 0.6) is 17.2 Å². The summed E-state index contributed by atoms with van der Waals surface area (Å²) in [5.74, 6) is 0.0982. The molecule has 6 nitrogen and oxygen atoms in total. The van der Waals surface area contributed by atoms with Gasteiger partial charge in [0.15, 0.2) is 0 Å². The molecule has 4 rings (SSSR count). The van der Waals surface area contributed by atoms with Crippen molar-refractivity contribution in [3.05, 3.63) is 100 Å². The van der Waals surface area contributed by atoms with E-state index in [-0.39, 0.29) is 30.2 Å². The molecule has 0 saturated heterocycles. The van der Waals surface area contributed by atoms with Gasteiger partial charge >= 0.3 is 5.97 Å². The number of fused-ring (bicyclic) bond motifs is 1. The molecule has 0 aliphatic rings. The van der Waals surface area contributed by atoms with Gasteiger partial charge in [-0.2, -0.15) is 0 Å². The summed E-state index contributed by atoms with van der Waals surface area (Å²) in [5.41, 5.74) is 1.05. The molecule has 162 valence electrons. The van der Waals surface area contributed by atoms with Crippen LogP contribution in [0.15, 0.2) is 82.2 Å². The van der Waals surface area contributed by atoms with E-state index in [1.165, 1.54) is 18.4 Å². The minimum Gasteiger partial charge on any atom is -0.489 e. The SMILES string of the molecule is CCOC(=O)c1ccc(Oc2coc3cc(OCc4cccc(F)c4)ccc3c2=O)cc1. The fourth-order valence-corrected chi connectivity index (χ4v) is 3.05. The van der Waals surface area contributed by atoms with Gasteiger partial charge < -0.3 is 18.6 Å². The predicted octanol–water partition coefficient (Wildman–Crippen LogP) is 5.48. The van der Waals surface area contributed by atoms with Gasteiger partial charge in [-0.05, 0) is 61.0 Å². The number of carbonyl (C=O) groups is 1. The molecule has 4 aromatic rings. The number of hydrogen-bond acceptors (Lipinski definition) is 6. The standard InChI is InChI=1S/C25H19FO6/c1-2-29-25(28)17-6-8-19(9-7-17)32-23-15-31-22-13-20(10-11-21(22)24(23)27)30-14-16-4-3-5-18(26)12-16/h3-13,15H,2,14H2,1H3. The summed E-state index contributed by atoms with van der Waals surface area (Å²) < 4.78 is 35.1. The molecule has 0 saturated carbocycles. The quantitative estimate of drug-likeness (QED) is 0.359. The van der Waals surface area contributed by atoms with E-state index in [9.17, 15) is 14.0 Å². The van der Waals surface area contributed by atoms with Crippen molar-refractivity contribution < 1.29 is 27.8 Å². The summed E-state index contributed by atoms with van der Waals surface area (Å²) in [4.78, 5) is 24.5. The molecule has 32 heavy (non-hydrogen) atoms. The monoisotopic (exact) mass is 434 g/mol. The summed E-state index contributed by atoms with van der Waals surface area (Å²) in [6, 6.07) is 17.2. The summed E-state index contributed by atoms with van der Waals surface area (Å²) in [6.07, 6.45) is 1.22. The molecule has 0 N–H and O–H groups in total. The first-order chi connectivity index (χ1) is 15.5. The number of rotatable bonds is 7. The fourth-order valence-electron chi connectivity index (χ4n) is 3.05. The van der Waals surface area contributed by atoms with Gasteiger partial charge in [0.2, 0.25) is 11.2 Å². The summed E-state index contributed by atoms with van der Waals surface area (Å²) in [6.45, 7) is 2.19. The van der Waals surface area contributed by atoms with E-state index in [0.29, 0.717) is 33.6 Å². The zero-order valence-electron chi connectivity index (χ0n) is 17.2. The average Bonchev–Trinajstić information content (AvgIpc) is 2.80. The zero-order valence-corrected chi connectivity index (χ0v) is 17.2. The van der Waals surface area contributed by atoms with Crippen LogP contribution >= 0.6 is 0 Å². The zero-order chi connectivity index (χ0) is 22.5. The number of hydrogen-bond donors (Lipinski definition) is 0. The average molecular weight is 434 g/mol. The van der Waals surface area contributed by atoms with E-state index in [4.69, 9.17) is 18.6 Å². The van der Waals surface area contributed by atoms with Crippen LogP contribution in [0.3, 0.4) is 0 Å². The number of carbonyl (C=O) groups excluding carboxylic acids is 1. The Balaban J connectivity index is 1.49. The maximum absolute atomic E-state index is 13.3. The molecular weight excluding hydrogens is 415 g/mol. The Morgan fingerprint density at radius 2 is 1.78 bits per heavy atom. The van der Waals surface area contributed by atoms with E-state index in [0.717, 1.165) is 0 Å². The Hall–Kier alpha value is -4.13. The molecule has 0 unspecified atom stereocenters.